The Bertz CT molecular complexity index is 1190. The average Bonchev–Trinajstić information content (AvgIpc) is 3.05. The Balaban J connectivity index is 1.92. The Morgan fingerprint density at radius 3 is 2.41 bits per heavy atom. The topological polar surface area (TPSA) is 90.9 Å². The van der Waals surface area contributed by atoms with Crippen LogP contribution in [0.4, 0.5) is 5.69 Å². The number of amides is 1. The summed E-state index contributed by atoms with van der Waals surface area (Å²) in [7, 11) is 3.05. The second kappa shape index (κ2) is 8.28. The van der Waals surface area contributed by atoms with Crippen LogP contribution in [0, 0.1) is 13.8 Å². The van der Waals surface area contributed by atoms with Gasteiger partial charge in [0.25, 0.3) is 5.56 Å². The fraction of sp³-hybridized carbons (Fsp3) is 0.400. The second-order valence-corrected chi connectivity index (χ2v) is 7.97. The van der Waals surface area contributed by atoms with Crippen molar-refractivity contribution in [3.05, 3.63) is 50.2 Å². The Morgan fingerprint density at radius 2 is 1.79 bits per heavy atom. The normalized spacial score (nSPS) is 11.2. The predicted molar refractivity (Wildman–Crippen MR) is 116 cm³/mol. The number of hydrogen-bond acceptors (Lipinski definition) is 5. The zero-order valence-electron chi connectivity index (χ0n) is 17.3. The predicted octanol–water partition coefficient (Wildman–Crippen LogP) is 2.19. The van der Waals surface area contributed by atoms with Crippen LogP contribution in [0.15, 0.2) is 32.9 Å². The van der Waals surface area contributed by atoms with Crippen LogP contribution in [0.2, 0.25) is 0 Å². The van der Waals surface area contributed by atoms with Crippen molar-refractivity contribution in [1.82, 2.24) is 18.7 Å². The molecule has 0 unspecified atom stereocenters. The molecule has 9 heteroatoms. The molecule has 0 aliphatic carbocycles. The van der Waals surface area contributed by atoms with Gasteiger partial charge in [0.1, 0.15) is 0 Å². The van der Waals surface area contributed by atoms with Crippen LogP contribution in [-0.2, 0) is 25.4 Å². The molecule has 0 spiro atoms. The van der Waals surface area contributed by atoms with Crippen LogP contribution >= 0.6 is 11.8 Å². The van der Waals surface area contributed by atoms with Gasteiger partial charge >= 0.3 is 5.69 Å². The van der Waals surface area contributed by atoms with E-state index in [9.17, 15) is 14.4 Å². The molecular formula is C20H25N5O3S. The van der Waals surface area contributed by atoms with E-state index in [4.69, 9.17) is 0 Å². The van der Waals surface area contributed by atoms with Crippen molar-refractivity contribution in [2.45, 2.75) is 38.9 Å². The highest BCUT2D eigenvalue weighted by molar-refractivity contribution is 7.99. The molecule has 3 aromatic rings. The molecule has 2 heterocycles. The largest absolute Gasteiger partial charge is 0.332 e. The van der Waals surface area contributed by atoms with Crippen molar-refractivity contribution < 1.29 is 4.79 Å². The first-order valence-corrected chi connectivity index (χ1v) is 10.4. The minimum Gasteiger partial charge on any atom is -0.325 e. The summed E-state index contributed by atoms with van der Waals surface area (Å²) in [6.07, 6.45) is 0.791. The molecule has 0 fully saturated rings. The van der Waals surface area contributed by atoms with E-state index in [2.05, 4.69) is 10.3 Å². The monoisotopic (exact) mass is 415 g/mol. The molecule has 1 amide bonds. The molecule has 0 bridgehead atoms. The van der Waals surface area contributed by atoms with Gasteiger partial charge in [0, 0.05) is 26.3 Å². The molecule has 0 saturated heterocycles. The maximum atomic E-state index is 12.7. The molecule has 2 aromatic heterocycles. The number of para-hydroxylation sites is 1. The Labute approximate surface area is 172 Å². The number of nitrogens with one attached hydrogen (secondary N) is 1. The number of fused-ring (bicyclic) bond motifs is 1. The van der Waals surface area contributed by atoms with Crippen LogP contribution in [0.3, 0.4) is 0 Å². The number of benzene rings is 1. The van der Waals surface area contributed by atoms with E-state index >= 15 is 0 Å². The molecule has 1 N–H and O–H groups in total. The highest BCUT2D eigenvalue weighted by atomic mass is 32.2. The summed E-state index contributed by atoms with van der Waals surface area (Å²) in [6, 6.07) is 5.85. The molecule has 0 radical (unpaired) electrons. The van der Waals surface area contributed by atoms with Gasteiger partial charge in [-0.2, -0.15) is 0 Å². The number of carbonyl (C=O) groups is 1. The zero-order chi connectivity index (χ0) is 21.3. The van der Waals surface area contributed by atoms with Crippen LogP contribution in [0.5, 0.6) is 0 Å². The van der Waals surface area contributed by atoms with E-state index in [1.807, 2.05) is 39.0 Å². The van der Waals surface area contributed by atoms with Crippen LogP contribution in [-0.4, -0.2) is 30.3 Å². The van der Waals surface area contributed by atoms with Crippen molar-refractivity contribution in [3.63, 3.8) is 0 Å². The molecule has 1 aromatic carbocycles. The van der Waals surface area contributed by atoms with Gasteiger partial charge in [-0.1, -0.05) is 36.9 Å². The number of imidazole rings is 1. The van der Waals surface area contributed by atoms with Crippen molar-refractivity contribution in [3.8, 4) is 0 Å². The molecule has 154 valence electrons. The van der Waals surface area contributed by atoms with Gasteiger partial charge < -0.3 is 9.88 Å². The number of thioether (sulfide) groups is 1. The number of anilines is 1. The van der Waals surface area contributed by atoms with Crippen molar-refractivity contribution in [1.29, 1.82) is 0 Å². The van der Waals surface area contributed by atoms with Crippen LogP contribution in [0.25, 0.3) is 11.2 Å². The summed E-state index contributed by atoms with van der Waals surface area (Å²) in [5.74, 6) is -0.000911. The highest BCUT2D eigenvalue weighted by Crippen LogP contribution is 2.24. The first kappa shape index (κ1) is 20.9. The lowest BCUT2D eigenvalue weighted by atomic mass is 10.1. The number of aromatic nitrogens is 4. The molecule has 3 rings (SSSR count). The Hall–Kier alpha value is -2.81. The lowest BCUT2D eigenvalue weighted by molar-refractivity contribution is -0.113. The van der Waals surface area contributed by atoms with Crippen molar-refractivity contribution >= 4 is 34.5 Å². The maximum Gasteiger partial charge on any atom is 0.332 e. The highest BCUT2D eigenvalue weighted by Gasteiger charge is 2.20. The van der Waals surface area contributed by atoms with E-state index in [0.29, 0.717) is 22.9 Å². The standard InChI is InChI=1S/C20H25N5O3S/c1-6-10-25-16-17(23(4)20(28)24(5)18(16)27)22-19(25)29-11-14(26)21-15-12(2)8-7-9-13(15)3/h7-9H,6,10-11H2,1-5H3,(H,21,26). The van der Waals surface area contributed by atoms with Gasteiger partial charge in [0.15, 0.2) is 16.3 Å². The summed E-state index contributed by atoms with van der Waals surface area (Å²) in [5.41, 5.74) is 2.73. The van der Waals surface area contributed by atoms with Gasteiger partial charge in [-0.3, -0.25) is 18.7 Å². The first-order chi connectivity index (χ1) is 13.8. The summed E-state index contributed by atoms with van der Waals surface area (Å²) >= 11 is 1.26. The summed E-state index contributed by atoms with van der Waals surface area (Å²) in [6.45, 7) is 6.48. The Morgan fingerprint density at radius 1 is 1.14 bits per heavy atom. The lowest BCUT2D eigenvalue weighted by Crippen LogP contribution is -2.37. The molecule has 8 nitrogen and oxygen atoms in total. The van der Waals surface area contributed by atoms with E-state index in [0.717, 1.165) is 27.8 Å². The average molecular weight is 416 g/mol. The minimum absolute atomic E-state index is 0.148. The fourth-order valence-corrected chi connectivity index (χ4v) is 4.11. The lowest BCUT2D eigenvalue weighted by Gasteiger charge is -2.11. The van der Waals surface area contributed by atoms with Gasteiger partial charge in [0.2, 0.25) is 5.91 Å². The van der Waals surface area contributed by atoms with Crippen LogP contribution < -0.4 is 16.6 Å². The molecule has 0 aliphatic rings. The number of aryl methyl sites for hydroxylation is 4. The number of nitrogens with zero attached hydrogens (tertiary/aromatic N) is 4. The number of hydrogen-bond donors (Lipinski definition) is 1. The molecule has 0 aliphatic heterocycles. The van der Waals surface area contributed by atoms with Gasteiger partial charge in [-0.25, -0.2) is 9.78 Å². The third kappa shape index (κ3) is 3.87. The van der Waals surface area contributed by atoms with Gasteiger partial charge in [-0.15, -0.1) is 0 Å². The van der Waals surface area contributed by atoms with Crippen molar-refractivity contribution in [2.24, 2.45) is 14.1 Å². The van der Waals surface area contributed by atoms with Gasteiger partial charge in [0.05, 0.1) is 5.75 Å². The minimum atomic E-state index is -0.423. The summed E-state index contributed by atoms with van der Waals surface area (Å²) in [4.78, 5) is 41.9. The summed E-state index contributed by atoms with van der Waals surface area (Å²) in [5, 5.41) is 3.51. The van der Waals surface area contributed by atoms with E-state index in [1.54, 1.807) is 11.6 Å². The third-order valence-corrected chi connectivity index (χ3v) is 5.81. The molecule has 0 saturated carbocycles. The smallest absolute Gasteiger partial charge is 0.325 e. The van der Waals surface area contributed by atoms with E-state index in [-0.39, 0.29) is 17.2 Å². The van der Waals surface area contributed by atoms with E-state index in [1.165, 1.54) is 23.4 Å². The van der Waals surface area contributed by atoms with Gasteiger partial charge in [-0.05, 0) is 31.4 Å². The van der Waals surface area contributed by atoms with E-state index < -0.39 is 5.69 Å². The Kier molecular flexibility index (Phi) is 5.97. The molecular weight excluding hydrogens is 390 g/mol. The summed E-state index contributed by atoms with van der Waals surface area (Å²) < 4.78 is 4.25. The molecule has 0 atom stereocenters. The number of rotatable bonds is 6. The van der Waals surface area contributed by atoms with Crippen molar-refractivity contribution in [2.75, 3.05) is 11.1 Å². The SMILES string of the molecule is CCCn1c(SCC(=O)Nc2c(C)cccc2C)nc2c1c(=O)n(C)c(=O)n2C. The zero-order valence-corrected chi connectivity index (χ0v) is 18.1. The molecule has 29 heavy (non-hydrogen) atoms. The maximum absolute atomic E-state index is 12.7. The third-order valence-electron chi connectivity index (χ3n) is 4.84. The second-order valence-electron chi connectivity index (χ2n) is 7.03. The quantitative estimate of drug-likeness (QED) is 0.623. The fourth-order valence-electron chi connectivity index (χ4n) is 3.28. The first-order valence-electron chi connectivity index (χ1n) is 9.41. The van der Waals surface area contributed by atoms with Crippen LogP contribution in [0.1, 0.15) is 24.5 Å². The number of carbonyl (C=O) groups excluding carboxylic acids is 1.